The quantitative estimate of drug-likeness (QED) is 0.459. The van der Waals surface area contributed by atoms with Gasteiger partial charge in [0.15, 0.2) is 18.1 Å². The molecule has 3 aromatic rings. The molecule has 1 amide bonds. The third kappa shape index (κ3) is 6.15. The maximum Gasteiger partial charge on any atom is 0.262 e. The molecule has 0 aliphatic heterocycles. The topological polar surface area (TPSA) is 59.6 Å². The number of hydrogen-bond acceptors (Lipinski definition) is 4. The summed E-state index contributed by atoms with van der Waals surface area (Å²) in [5.74, 6) is 0.551. The summed E-state index contributed by atoms with van der Waals surface area (Å²) >= 11 is 6.44. The number of carbonyl (C=O) groups excluding carboxylic acids is 1. The first kappa shape index (κ1) is 22.5. The van der Waals surface area contributed by atoms with Gasteiger partial charge >= 0.3 is 0 Å². The van der Waals surface area contributed by atoms with Crippen molar-refractivity contribution in [3.05, 3.63) is 81.9 Å². The molecule has 0 saturated carbocycles. The molecule has 162 valence electrons. The molecular weight excluding hydrogens is 412 g/mol. The van der Waals surface area contributed by atoms with Crippen LogP contribution < -0.4 is 20.1 Å². The molecule has 0 unspecified atom stereocenters. The number of ether oxygens (including phenoxy) is 2. The van der Waals surface area contributed by atoms with E-state index < -0.39 is 0 Å². The molecule has 0 aliphatic rings. The Morgan fingerprint density at radius 2 is 1.77 bits per heavy atom. The summed E-state index contributed by atoms with van der Waals surface area (Å²) in [7, 11) is 1.55. The van der Waals surface area contributed by atoms with Crippen molar-refractivity contribution < 1.29 is 14.3 Å². The number of rotatable bonds is 8. The summed E-state index contributed by atoms with van der Waals surface area (Å²) in [6, 6.07) is 17.5. The number of methoxy groups -OCH3 is 1. The largest absolute Gasteiger partial charge is 0.493 e. The predicted molar refractivity (Wildman–Crippen MR) is 127 cm³/mol. The number of amides is 1. The minimum Gasteiger partial charge on any atom is -0.493 e. The lowest BCUT2D eigenvalue weighted by molar-refractivity contribution is -0.118. The average Bonchev–Trinajstić information content (AvgIpc) is 2.73. The van der Waals surface area contributed by atoms with Crippen LogP contribution in [-0.4, -0.2) is 19.6 Å². The van der Waals surface area contributed by atoms with Crippen molar-refractivity contribution in [3.8, 4) is 11.5 Å². The van der Waals surface area contributed by atoms with Gasteiger partial charge in [0.25, 0.3) is 5.91 Å². The van der Waals surface area contributed by atoms with Gasteiger partial charge in [-0.1, -0.05) is 29.8 Å². The Bertz CT molecular complexity index is 1080. The summed E-state index contributed by atoms with van der Waals surface area (Å²) in [5.41, 5.74) is 6.24. The molecule has 2 N–H and O–H groups in total. The molecule has 3 aromatic carbocycles. The molecule has 0 aliphatic carbocycles. The smallest absolute Gasteiger partial charge is 0.262 e. The summed E-state index contributed by atoms with van der Waals surface area (Å²) in [4.78, 5) is 12.3. The Hall–Kier alpha value is -3.18. The highest BCUT2D eigenvalue weighted by atomic mass is 35.5. The molecule has 0 heterocycles. The second-order valence-electron chi connectivity index (χ2n) is 7.47. The highest BCUT2D eigenvalue weighted by Gasteiger charge is 2.14. The molecule has 0 radical (unpaired) electrons. The Morgan fingerprint density at radius 3 is 2.48 bits per heavy atom. The number of hydrogen-bond donors (Lipinski definition) is 2. The molecule has 31 heavy (non-hydrogen) atoms. The minimum absolute atomic E-state index is 0.176. The van der Waals surface area contributed by atoms with Gasteiger partial charge in [-0.05, 0) is 79.4 Å². The Labute approximate surface area is 188 Å². The first-order valence-electron chi connectivity index (χ1n) is 10.0. The van der Waals surface area contributed by atoms with E-state index in [1.54, 1.807) is 7.11 Å². The molecule has 0 bridgehead atoms. The van der Waals surface area contributed by atoms with Gasteiger partial charge in [-0.2, -0.15) is 0 Å². The molecule has 0 spiro atoms. The van der Waals surface area contributed by atoms with Crippen LogP contribution in [0, 0.1) is 20.8 Å². The van der Waals surface area contributed by atoms with Crippen molar-refractivity contribution >= 4 is 28.9 Å². The number of aryl methyl sites for hydroxylation is 3. The Balaban J connectivity index is 1.64. The SMILES string of the molecule is COc1cc(CNc2ccc(C)c(C)c2)cc(Cl)c1OCC(=O)Nc1cccc(C)c1. The highest BCUT2D eigenvalue weighted by Crippen LogP contribution is 2.36. The number of halogens is 1. The number of carbonyl (C=O) groups is 1. The van der Waals surface area contributed by atoms with Crippen molar-refractivity contribution in [2.45, 2.75) is 27.3 Å². The van der Waals surface area contributed by atoms with E-state index in [-0.39, 0.29) is 12.5 Å². The number of anilines is 2. The zero-order valence-corrected chi connectivity index (χ0v) is 19.0. The van der Waals surface area contributed by atoms with Gasteiger partial charge in [-0.3, -0.25) is 4.79 Å². The van der Waals surface area contributed by atoms with E-state index in [2.05, 4.69) is 36.6 Å². The standard InChI is InChI=1S/C25H27ClN2O3/c1-16-6-5-7-21(10-16)28-24(29)15-31-25-22(26)12-19(13-23(25)30-4)14-27-20-9-8-17(2)18(3)11-20/h5-13,27H,14-15H2,1-4H3,(H,28,29). The van der Waals surface area contributed by atoms with Crippen LogP contribution >= 0.6 is 11.6 Å². The fraction of sp³-hybridized carbons (Fsp3) is 0.240. The van der Waals surface area contributed by atoms with Gasteiger partial charge in [-0.15, -0.1) is 0 Å². The van der Waals surface area contributed by atoms with E-state index in [0.717, 1.165) is 22.5 Å². The van der Waals surface area contributed by atoms with Crippen LogP contribution in [0.4, 0.5) is 11.4 Å². The van der Waals surface area contributed by atoms with Crippen LogP contribution in [0.2, 0.25) is 5.02 Å². The number of benzene rings is 3. The van der Waals surface area contributed by atoms with Crippen LogP contribution in [0.15, 0.2) is 54.6 Å². The summed E-state index contributed by atoms with van der Waals surface area (Å²) < 4.78 is 11.1. The molecule has 0 atom stereocenters. The Morgan fingerprint density at radius 1 is 0.968 bits per heavy atom. The minimum atomic E-state index is -0.274. The van der Waals surface area contributed by atoms with Gasteiger partial charge in [0, 0.05) is 17.9 Å². The maximum absolute atomic E-state index is 12.3. The van der Waals surface area contributed by atoms with Crippen LogP contribution in [-0.2, 0) is 11.3 Å². The lowest BCUT2D eigenvalue weighted by atomic mass is 10.1. The van der Waals surface area contributed by atoms with Gasteiger partial charge < -0.3 is 20.1 Å². The second kappa shape index (κ2) is 10.2. The molecule has 0 aromatic heterocycles. The molecule has 0 fully saturated rings. The third-order valence-electron chi connectivity index (χ3n) is 4.94. The normalized spacial score (nSPS) is 10.5. The Kier molecular flexibility index (Phi) is 7.42. The summed E-state index contributed by atoms with van der Waals surface area (Å²) in [5, 5.41) is 6.59. The molecule has 3 rings (SSSR count). The van der Waals surface area contributed by atoms with Crippen LogP contribution in [0.25, 0.3) is 0 Å². The van der Waals surface area contributed by atoms with E-state index in [1.165, 1.54) is 11.1 Å². The summed E-state index contributed by atoms with van der Waals surface area (Å²) in [6.07, 6.45) is 0. The van der Waals surface area contributed by atoms with E-state index in [1.807, 2.05) is 49.4 Å². The lowest BCUT2D eigenvalue weighted by Crippen LogP contribution is -2.20. The van der Waals surface area contributed by atoms with Crippen LogP contribution in [0.3, 0.4) is 0 Å². The molecule has 5 nitrogen and oxygen atoms in total. The average molecular weight is 439 g/mol. The van der Waals surface area contributed by atoms with Crippen molar-refractivity contribution in [2.75, 3.05) is 24.4 Å². The van der Waals surface area contributed by atoms with Crippen LogP contribution in [0.5, 0.6) is 11.5 Å². The summed E-state index contributed by atoms with van der Waals surface area (Å²) in [6.45, 7) is 6.54. The first-order valence-corrected chi connectivity index (χ1v) is 10.4. The zero-order valence-electron chi connectivity index (χ0n) is 18.2. The number of nitrogens with one attached hydrogen (secondary N) is 2. The zero-order chi connectivity index (χ0) is 22.4. The monoisotopic (exact) mass is 438 g/mol. The van der Waals surface area contributed by atoms with Crippen molar-refractivity contribution in [2.24, 2.45) is 0 Å². The molecular formula is C25H27ClN2O3. The van der Waals surface area contributed by atoms with E-state index in [9.17, 15) is 4.79 Å². The van der Waals surface area contributed by atoms with Gasteiger partial charge in [0.2, 0.25) is 0 Å². The van der Waals surface area contributed by atoms with E-state index in [4.69, 9.17) is 21.1 Å². The fourth-order valence-electron chi connectivity index (χ4n) is 3.13. The van der Waals surface area contributed by atoms with Gasteiger partial charge in [-0.25, -0.2) is 0 Å². The van der Waals surface area contributed by atoms with Gasteiger partial charge in [0.05, 0.1) is 12.1 Å². The first-order chi connectivity index (χ1) is 14.9. The second-order valence-corrected chi connectivity index (χ2v) is 7.88. The van der Waals surface area contributed by atoms with Gasteiger partial charge in [0.1, 0.15) is 0 Å². The fourth-order valence-corrected chi connectivity index (χ4v) is 3.42. The van der Waals surface area contributed by atoms with Crippen molar-refractivity contribution in [3.63, 3.8) is 0 Å². The lowest BCUT2D eigenvalue weighted by Gasteiger charge is -2.15. The van der Waals surface area contributed by atoms with E-state index in [0.29, 0.717) is 23.1 Å². The maximum atomic E-state index is 12.3. The third-order valence-corrected chi connectivity index (χ3v) is 5.22. The highest BCUT2D eigenvalue weighted by molar-refractivity contribution is 6.32. The van der Waals surface area contributed by atoms with Crippen molar-refractivity contribution in [1.82, 2.24) is 0 Å². The predicted octanol–water partition coefficient (Wildman–Crippen LogP) is 5.90. The van der Waals surface area contributed by atoms with E-state index >= 15 is 0 Å². The molecule has 0 saturated heterocycles. The van der Waals surface area contributed by atoms with Crippen LogP contribution in [0.1, 0.15) is 22.3 Å². The van der Waals surface area contributed by atoms with Crippen molar-refractivity contribution in [1.29, 1.82) is 0 Å². The molecule has 6 heteroatoms.